The molecule has 0 radical (unpaired) electrons. The number of carboxylic acids is 1. The fraction of sp³-hybridized carbons (Fsp3) is 0.529. The highest BCUT2D eigenvalue weighted by Crippen LogP contribution is 2.49. The van der Waals surface area contributed by atoms with E-state index in [4.69, 9.17) is 9.47 Å². The van der Waals surface area contributed by atoms with Gasteiger partial charge < -0.3 is 14.6 Å². The van der Waals surface area contributed by atoms with Crippen molar-refractivity contribution in [1.29, 1.82) is 0 Å². The van der Waals surface area contributed by atoms with E-state index in [-0.39, 0.29) is 12.6 Å². The number of carboxylic acid groups (broad SMARTS) is 1. The van der Waals surface area contributed by atoms with E-state index in [1.807, 2.05) is 30.3 Å². The third kappa shape index (κ3) is 2.61. The lowest BCUT2D eigenvalue weighted by molar-refractivity contribution is -0.171. The normalized spacial score (nSPS) is 30.5. The number of carbonyl (C=O) groups excluding carboxylic acids is 1. The van der Waals surface area contributed by atoms with E-state index in [2.05, 4.69) is 0 Å². The van der Waals surface area contributed by atoms with Crippen LogP contribution in [0.2, 0.25) is 0 Å². The Morgan fingerprint density at radius 3 is 2.41 bits per heavy atom. The summed E-state index contributed by atoms with van der Waals surface area (Å²) in [7, 11) is 0. The maximum Gasteiger partial charge on any atom is 0.335 e. The average molecular weight is 304 g/mol. The minimum Gasteiger partial charge on any atom is -0.479 e. The lowest BCUT2D eigenvalue weighted by atomic mass is 9.68. The first-order valence-corrected chi connectivity index (χ1v) is 7.65. The van der Waals surface area contributed by atoms with Gasteiger partial charge in [0.15, 0.2) is 5.60 Å². The molecule has 1 aromatic carbocycles. The first kappa shape index (κ1) is 15.0. The van der Waals surface area contributed by atoms with Crippen molar-refractivity contribution in [2.45, 2.75) is 44.3 Å². The largest absolute Gasteiger partial charge is 0.479 e. The van der Waals surface area contributed by atoms with E-state index in [1.165, 1.54) is 0 Å². The SMILES string of the molecule is O=C(OCc1ccccc1)C12CCOC(C(=O)O)(CC1)CC2. The van der Waals surface area contributed by atoms with Crippen molar-refractivity contribution >= 4 is 11.9 Å². The van der Waals surface area contributed by atoms with Crippen LogP contribution in [-0.2, 0) is 25.7 Å². The second-order valence-corrected chi connectivity index (χ2v) is 6.24. The Morgan fingerprint density at radius 1 is 1.09 bits per heavy atom. The zero-order chi connectivity index (χ0) is 15.6. The number of benzene rings is 1. The second kappa shape index (κ2) is 5.72. The van der Waals surface area contributed by atoms with Gasteiger partial charge in [-0.1, -0.05) is 30.3 Å². The van der Waals surface area contributed by atoms with Crippen molar-refractivity contribution in [1.82, 2.24) is 0 Å². The summed E-state index contributed by atoms with van der Waals surface area (Å²) in [6, 6.07) is 9.56. The fourth-order valence-electron chi connectivity index (χ4n) is 3.43. The van der Waals surface area contributed by atoms with Crippen LogP contribution in [0.25, 0.3) is 0 Å². The average Bonchev–Trinajstić information content (AvgIpc) is 2.86. The van der Waals surface area contributed by atoms with E-state index in [1.54, 1.807) is 0 Å². The summed E-state index contributed by atoms with van der Waals surface area (Å²) in [5, 5.41) is 9.37. The minimum atomic E-state index is -1.10. The predicted molar refractivity (Wildman–Crippen MR) is 78.1 cm³/mol. The monoisotopic (exact) mass is 304 g/mol. The molecule has 0 spiro atoms. The number of carbonyl (C=O) groups is 2. The van der Waals surface area contributed by atoms with Crippen LogP contribution in [0.15, 0.2) is 30.3 Å². The van der Waals surface area contributed by atoms with Crippen LogP contribution in [-0.4, -0.2) is 29.3 Å². The summed E-state index contributed by atoms with van der Waals surface area (Å²) < 4.78 is 11.1. The standard InChI is InChI=1S/C17H20O5/c18-14(19)17-8-6-16(7-9-17,10-11-22-17)15(20)21-12-13-4-2-1-3-5-13/h1-5H,6-12H2,(H,18,19). The summed E-state index contributed by atoms with van der Waals surface area (Å²) in [5.41, 5.74) is -0.725. The summed E-state index contributed by atoms with van der Waals surface area (Å²) in [6.07, 6.45) is 2.33. The van der Waals surface area contributed by atoms with Crippen LogP contribution in [0, 0.1) is 5.41 Å². The molecule has 4 rings (SSSR count). The van der Waals surface area contributed by atoms with E-state index >= 15 is 0 Å². The molecule has 1 saturated carbocycles. The molecule has 3 aliphatic rings. The minimum absolute atomic E-state index is 0.221. The molecule has 0 amide bonds. The van der Waals surface area contributed by atoms with Crippen molar-refractivity contribution in [3.63, 3.8) is 0 Å². The van der Waals surface area contributed by atoms with Gasteiger partial charge in [-0.25, -0.2) is 4.79 Å². The predicted octanol–water partition coefficient (Wildman–Crippen LogP) is 2.53. The maximum atomic E-state index is 12.6. The molecule has 5 nitrogen and oxygen atoms in total. The molecule has 22 heavy (non-hydrogen) atoms. The Bertz CT molecular complexity index is 558. The Hall–Kier alpha value is -1.88. The molecular formula is C17H20O5. The number of rotatable bonds is 4. The van der Waals surface area contributed by atoms with Crippen molar-refractivity contribution < 1.29 is 24.2 Å². The van der Waals surface area contributed by atoms with Crippen LogP contribution < -0.4 is 0 Å². The van der Waals surface area contributed by atoms with Crippen molar-refractivity contribution in [3.8, 4) is 0 Å². The number of hydrogen-bond donors (Lipinski definition) is 1. The van der Waals surface area contributed by atoms with Gasteiger partial charge in [0.2, 0.25) is 0 Å². The molecule has 3 fully saturated rings. The number of fused-ring (bicyclic) bond motifs is 4. The number of aliphatic carboxylic acids is 1. The molecule has 1 aromatic rings. The Kier molecular flexibility index (Phi) is 3.91. The van der Waals surface area contributed by atoms with Crippen molar-refractivity contribution in [2.75, 3.05) is 6.61 Å². The topological polar surface area (TPSA) is 72.8 Å². The van der Waals surface area contributed by atoms with Crippen LogP contribution in [0.3, 0.4) is 0 Å². The summed E-state index contributed by atoms with van der Waals surface area (Å²) in [4.78, 5) is 24.0. The number of ether oxygens (including phenoxy) is 2. The van der Waals surface area contributed by atoms with Crippen LogP contribution in [0.1, 0.15) is 37.7 Å². The van der Waals surface area contributed by atoms with Gasteiger partial charge in [0, 0.05) is 6.61 Å². The maximum absolute atomic E-state index is 12.6. The highest BCUT2D eigenvalue weighted by atomic mass is 16.5. The molecule has 118 valence electrons. The van der Waals surface area contributed by atoms with E-state index in [0.717, 1.165) is 5.56 Å². The van der Waals surface area contributed by atoms with E-state index < -0.39 is 17.0 Å². The van der Waals surface area contributed by atoms with Gasteiger partial charge >= 0.3 is 11.9 Å². The molecular weight excluding hydrogens is 284 g/mol. The van der Waals surface area contributed by atoms with Gasteiger partial charge in [-0.2, -0.15) is 0 Å². The third-order valence-electron chi connectivity index (χ3n) is 5.01. The molecule has 1 aliphatic carbocycles. The third-order valence-corrected chi connectivity index (χ3v) is 5.01. The molecule has 0 unspecified atom stereocenters. The number of esters is 1. The van der Waals surface area contributed by atoms with Gasteiger partial charge in [-0.15, -0.1) is 0 Å². The summed E-state index contributed by atoms with van der Waals surface area (Å²) >= 11 is 0. The van der Waals surface area contributed by atoms with Gasteiger partial charge in [-0.3, -0.25) is 4.79 Å². The van der Waals surface area contributed by atoms with Crippen molar-refractivity contribution in [2.24, 2.45) is 5.41 Å². The number of hydrogen-bond acceptors (Lipinski definition) is 4. The van der Waals surface area contributed by atoms with E-state index in [9.17, 15) is 14.7 Å². The van der Waals surface area contributed by atoms with Crippen LogP contribution >= 0.6 is 0 Å². The Balaban J connectivity index is 1.67. The van der Waals surface area contributed by atoms with Gasteiger partial charge in [-0.05, 0) is 37.7 Å². The molecule has 0 atom stereocenters. The smallest absolute Gasteiger partial charge is 0.335 e. The second-order valence-electron chi connectivity index (χ2n) is 6.24. The molecule has 0 aromatic heterocycles. The van der Waals surface area contributed by atoms with Crippen molar-refractivity contribution in [3.05, 3.63) is 35.9 Å². The first-order valence-electron chi connectivity index (χ1n) is 7.65. The highest BCUT2D eigenvalue weighted by molar-refractivity contribution is 5.81. The zero-order valence-corrected chi connectivity index (χ0v) is 12.4. The Morgan fingerprint density at radius 2 is 1.77 bits per heavy atom. The molecule has 2 bridgehead atoms. The molecule has 2 aliphatic heterocycles. The van der Waals surface area contributed by atoms with Crippen LogP contribution in [0.4, 0.5) is 0 Å². The zero-order valence-electron chi connectivity index (χ0n) is 12.4. The fourth-order valence-corrected chi connectivity index (χ4v) is 3.43. The Labute approximate surface area is 129 Å². The lowest BCUT2D eigenvalue weighted by Gasteiger charge is -2.37. The summed E-state index contributed by atoms with van der Waals surface area (Å²) in [6.45, 7) is 0.555. The molecule has 5 heteroatoms. The van der Waals surface area contributed by atoms with Gasteiger partial charge in [0.05, 0.1) is 5.41 Å². The van der Waals surface area contributed by atoms with Crippen LogP contribution in [0.5, 0.6) is 0 Å². The van der Waals surface area contributed by atoms with Gasteiger partial charge in [0.1, 0.15) is 6.61 Å². The lowest BCUT2D eigenvalue weighted by Crippen LogP contribution is -2.46. The van der Waals surface area contributed by atoms with Gasteiger partial charge in [0.25, 0.3) is 0 Å². The molecule has 1 N–H and O–H groups in total. The quantitative estimate of drug-likeness (QED) is 0.865. The molecule has 2 heterocycles. The molecule has 2 saturated heterocycles. The highest BCUT2D eigenvalue weighted by Gasteiger charge is 2.54. The summed E-state index contributed by atoms with van der Waals surface area (Å²) in [5.74, 6) is -1.14. The van der Waals surface area contributed by atoms with E-state index in [0.29, 0.717) is 38.7 Å². The first-order chi connectivity index (χ1) is 10.6.